The number of hydrogen-bond acceptors (Lipinski definition) is 6. The maximum Gasteiger partial charge on any atom is 1.00 e. The smallest absolute Gasteiger partial charge is 1.00 e. The van der Waals surface area contributed by atoms with E-state index in [1.807, 2.05) is 24.3 Å². The van der Waals surface area contributed by atoms with Gasteiger partial charge in [-0.05, 0) is 26.3 Å². The van der Waals surface area contributed by atoms with E-state index in [-0.39, 0.29) is 117 Å². The monoisotopic (exact) mass is 684 g/mol. The van der Waals surface area contributed by atoms with E-state index in [0.29, 0.717) is 0 Å². The van der Waals surface area contributed by atoms with Crippen LogP contribution < -0.4 is 113 Å². The van der Waals surface area contributed by atoms with Crippen molar-refractivity contribution in [3.05, 3.63) is 50.6 Å². The molecule has 0 radical (unpaired) electrons. The molecule has 0 aliphatic rings. The molecule has 0 saturated heterocycles. The number of carbonyl (C=O) groups is 1. The van der Waals surface area contributed by atoms with Crippen molar-refractivity contribution in [2.45, 2.75) is 97.8 Å². The molecule has 0 unspecified atom stereocenters. The molecule has 6 nitrogen and oxygen atoms in total. The van der Waals surface area contributed by atoms with Crippen LogP contribution in [0.15, 0.2) is 50.6 Å². The SMILES string of the molecule is C=CCN(CC=C)CCCCCCCC.C=CCNCC=C.CCCCCCCCBr.CCO.O=CO[O-].[H-].[K+].[K+]. The van der Waals surface area contributed by atoms with E-state index in [0.717, 1.165) is 26.2 Å². The summed E-state index contributed by atoms with van der Waals surface area (Å²) in [5.74, 6) is 0. The predicted molar refractivity (Wildman–Crippen MR) is 172 cm³/mol. The molecule has 0 aliphatic heterocycles. The molecule has 0 fully saturated rings. The van der Waals surface area contributed by atoms with Gasteiger partial charge in [-0.1, -0.05) is 118 Å². The molecule has 0 aliphatic carbocycles. The molecular weight excluding hydrogens is 622 g/mol. The largest absolute Gasteiger partial charge is 1.00 e. The number of unbranched alkanes of at least 4 members (excludes halogenated alkanes) is 10. The summed E-state index contributed by atoms with van der Waals surface area (Å²) in [6, 6.07) is 0. The van der Waals surface area contributed by atoms with Crippen molar-refractivity contribution < 1.29 is 124 Å². The van der Waals surface area contributed by atoms with Gasteiger partial charge in [0.25, 0.3) is 6.47 Å². The summed E-state index contributed by atoms with van der Waals surface area (Å²) in [6.07, 6.45) is 24.2. The van der Waals surface area contributed by atoms with E-state index in [4.69, 9.17) is 15.2 Å². The number of nitrogens with zero attached hydrogens (tertiary/aromatic N) is 1. The number of nitrogens with one attached hydrogen (secondary N) is 1. The van der Waals surface area contributed by atoms with E-state index >= 15 is 0 Å². The first-order valence-electron chi connectivity index (χ1n) is 14.3. The van der Waals surface area contributed by atoms with E-state index in [2.05, 4.69) is 71.2 Å². The van der Waals surface area contributed by atoms with Gasteiger partial charge < -0.3 is 22.0 Å². The minimum Gasteiger partial charge on any atom is -1.00 e. The Morgan fingerprint density at radius 3 is 1.43 bits per heavy atom. The molecule has 0 aromatic rings. The number of carbonyl (C=O) groups excluding carboxylic acids is 1. The van der Waals surface area contributed by atoms with Crippen LogP contribution >= 0.6 is 15.9 Å². The Labute approximate surface area is 344 Å². The summed E-state index contributed by atoms with van der Waals surface area (Å²) >= 11 is 3.42. The first kappa shape index (κ1) is 57.7. The second kappa shape index (κ2) is 68.3. The van der Waals surface area contributed by atoms with Crippen molar-refractivity contribution in [1.29, 1.82) is 0 Å². The van der Waals surface area contributed by atoms with Crippen molar-refractivity contribution in [2.24, 2.45) is 0 Å². The van der Waals surface area contributed by atoms with Gasteiger partial charge in [-0.25, -0.2) is 0 Å². The molecule has 0 aromatic carbocycles. The van der Waals surface area contributed by atoms with Crippen LogP contribution in [0.2, 0.25) is 0 Å². The molecule has 0 atom stereocenters. The maximum atomic E-state index is 8.64. The van der Waals surface area contributed by atoms with Gasteiger partial charge in [0.15, 0.2) is 0 Å². The quantitative estimate of drug-likeness (QED) is 0.0340. The third-order valence-electron chi connectivity index (χ3n) is 4.71. The predicted octanol–water partition coefficient (Wildman–Crippen LogP) is 1.26. The van der Waals surface area contributed by atoms with Gasteiger partial charge in [-0.3, -0.25) is 9.69 Å². The molecule has 230 valence electrons. The van der Waals surface area contributed by atoms with Crippen molar-refractivity contribution in [3.63, 3.8) is 0 Å². The Hall–Kier alpha value is 2.02. The second-order valence-electron chi connectivity index (χ2n) is 8.31. The van der Waals surface area contributed by atoms with Crippen molar-refractivity contribution in [1.82, 2.24) is 10.2 Å². The molecule has 0 rings (SSSR count). The Balaban J connectivity index is -0.0000000604. The van der Waals surface area contributed by atoms with Crippen LogP contribution in [0.1, 0.15) is 99.2 Å². The Morgan fingerprint density at radius 1 is 0.775 bits per heavy atom. The van der Waals surface area contributed by atoms with Crippen LogP contribution in [0, 0.1) is 0 Å². The molecule has 0 amide bonds. The Morgan fingerprint density at radius 2 is 1.12 bits per heavy atom. The summed E-state index contributed by atoms with van der Waals surface area (Å²) in [5, 5.41) is 20.2. The minimum absolute atomic E-state index is 0. The van der Waals surface area contributed by atoms with Crippen molar-refractivity contribution >= 4 is 22.4 Å². The minimum atomic E-state index is -0.181. The van der Waals surface area contributed by atoms with Gasteiger partial charge in [-0.15, -0.1) is 26.3 Å². The third-order valence-corrected chi connectivity index (χ3v) is 5.27. The van der Waals surface area contributed by atoms with Crippen LogP contribution in [-0.2, 0) is 9.68 Å². The molecule has 0 spiro atoms. The fraction of sp³-hybridized carbons (Fsp3) is 0.710. The van der Waals surface area contributed by atoms with Crippen molar-refractivity contribution in [2.75, 3.05) is 44.7 Å². The number of aliphatic hydroxyl groups excluding tert-OH is 1. The molecule has 40 heavy (non-hydrogen) atoms. The Kier molecular flexibility index (Phi) is 98.4. The van der Waals surface area contributed by atoms with Gasteiger partial charge >= 0.3 is 103 Å². The summed E-state index contributed by atoms with van der Waals surface area (Å²) in [5.41, 5.74) is 0. The average Bonchev–Trinajstić information content (AvgIpc) is 2.92. The second-order valence-corrected chi connectivity index (χ2v) is 9.10. The van der Waals surface area contributed by atoms with Crippen molar-refractivity contribution in [3.8, 4) is 0 Å². The molecule has 0 saturated carbocycles. The molecule has 0 heterocycles. The zero-order chi connectivity index (χ0) is 30.0. The fourth-order valence-electron chi connectivity index (χ4n) is 2.90. The first-order chi connectivity index (χ1) is 18.5. The van der Waals surface area contributed by atoms with Gasteiger partial charge in [0.1, 0.15) is 0 Å². The normalized spacial score (nSPS) is 8.57. The molecular formula is C31H63BrK2N2O4. The molecule has 2 N–H and O–H groups in total. The topological polar surface area (TPSA) is 84.9 Å². The summed E-state index contributed by atoms with van der Waals surface area (Å²) in [7, 11) is 0. The van der Waals surface area contributed by atoms with Crippen LogP contribution in [-0.4, -0.2) is 61.1 Å². The van der Waals surface area contributed by atoms with Gasteiger partial charge in [0, 0.05) is 38.1 Å². The van der Waals surface area contributed by atoms with Gasteiger partial charge in [0.05, 0.1) is 0 Å². The van der Waals surface area contributed by atoms with E-state index < -0.39 is 0 Å². The summed E-state index contributed by atoms with van der Waals surface area (Å²) in [6.45, 7) is 25.8. The number of aliphatic hydroxyl groups is 1. The zero-order valence-corrected chi connectivity index (χ0v) is 35.0. The third kappa shape index (κ3) is 83.5. The summed E-state index contributed by atoms with van der Waals surface area (Å²) in [4.78, 5) is 13.6. The first-order valence-corrected chi connectivity index (χ1v) is 15.4. The van der Waals surface area contributed by atoms with Crippen LogP contribution in [0.5, 0.6) is 0 Å². The number of alkyl halides is 1. The summed E-state index contributed by atoms with van der Waals surface area (Å²) < 4.78 is 0. The van der Waals surface area contributed by atoms with Crippen LogP contribution in [0.25, 0.3) is 0 Å². The number of halogens is 1. The standard InChI is InChI=1S/C14H27N.C8H17Br.C6H11N.C2H6O.CH2O3.2K.H/c1-4-7-8-9-10-11-14-15(12-5-2)13-6-3;1-2-3-4-5-6-7-8-9;1-3-5-7-6-4-2;1-2-3;2-1-4-3;;;/h5-6H,2-4,7-14H2,1H3;2-8H2,1H3;3-4,7H,1-2,5-6H2;3H,2H2,1H3;1,3H;;;/q;;;;;2*+1;-1/p-1. The van der Waals surface area contributed by atoms with Crippen LogP contribution in [0.4, 0.5) is 0 Å². The van der Waals surface area contributed by atoms with E-state index in [1.165, 1.54) is 88.9 Å². The number of hydrogen-bond donors (Lipinski definition) is 2. The van der Waals surface area contributed by atoms with Gasteiger partial charge in [-0.2, -0.15) is 0 Å². The van der Waals surface area contributed by atoms with E-state index in [9.17, 15) is 0 Å². The van der Waals surface area contributed by atoms with Crippen LogP contribution in [0.3, 0.4) is 0 Å². The number of rotatable bonds is 22. The zero-order valence-electron chi connectivity index (χ0n) is 28.1. The van der Waals surface area contributed by atoms with E-state index in [1.54, 1.807) is 6.92 Å². The molecule has 0 aromatic heterocycles. The van der Waals surface area contributed by atoms with Gasteiger partial charge in [0.2, 0.25) is 0 Å². The molecule has 9 heteroatoms. The maximum absolute atomic E-state index is 8.64. The fourth-order valence-corrected chi connectivity index (χ4v) is 3.30. The average molecular weight is 686 g/mol. The molecule has 0 bridgehead atoms. The Bertz CT molecular complexity index is 432.